The molecule has 0 saturated heterocycles. The maximum atomic E-state index is 11.1. The van der Waals surface area contributed by atoms with Crippen LogP contribution in [0.3, 0.4) is 0 Å². The highest BCUT2D eigenvalue weighted by Gasteiger charge is 2.06. The molecule has 0 saturated carbocycles. The number of aromatic carboxylic acids is 1. The van der Waals surface area contributed by atoms with Gasteiger partial charge in [0.15, 0.2) is 0 Å². The minimum atomic E-state index is -0.891. The van der Waals surface area contributed by atoms with Gasteiger partial charge in [0, 0.05) is 0 Å². The van der Waals surface area contributed by atoms with Gasteiger partial charge in [-0.25, -0.2) is 4.79 Å². The standard InChI is InChI=1S/C26H20O2/c1-18-15-19(10-14-25(18)26(27)28)7-8-20-9-11-24-17-23(13-12-22(24)16-20)21-5-3-2-4-6-21/h2-17H,1H3,(H,27,28)/b8-7+. The van der Waals surface area contributed by atoms with Crippen LogP contribution < -0.4 is 0 Å². The van der Waals surface area contributed by atoms with E-state index in [0.717, 1.165) is 16.7 Å². The maximum absolute atomic E-state index is 11.1. The largest absolute Gasteiger partial charge is 0.478 e. The topological polar surface area (TPSA) is 37.3 Å². The molecule has 0 heterocycles. The van der Waals surface area contributed by atoms with Crippen LogP contribution in [0.25, 0.3) is 34.1 Å². The smallest absolute Gasteiger partial charge is 0.335 e. The lowest BCUT2D eigenvalue weighted by atomic mass is 9.99. The lowest BCUT2D eigenvalue weighted by molar-refractivity contribution is 0.0696. The fourth-order valence-electron chi connectivity index (χ4n) is 3.40. The van der Waals surface area contributed by atoms with Crippen LogP contribution in [-0.2, 0) is 0 Å². The van der Waals surface area contributed by atoms with Gasteiger partial charge in [0.25, 0.3) is 0 Å². The Bertz CT molecular complexity index is 1190. The Morgan fingerprint density at radius 2 is 1.36 bits per heavy atom. The zero-order valence-corrected chi connectivity index (χ0v) is 15.6. The summed E-state index contributed by atoms with van der Waals surface area (Å²) in [6.45, 7) is 1.82. The number of rotatable bonds is 4. The van der Waals surface area contributed by atoms with Crippen LogP contribution in [0, 0.1) is 6.92 Å². The number of carboxylic acids is 1. The Kier molecular flexibility index (Phi) is 4.77. The number of benzene rings is 4. The van der Waals surface area contributed by atoms with Gasteiger partial charge in [0.2, 0.25) is 0 Å². The molecule has 0 aliphatic heterocycles. The van der Waals surface area contributed by atoms with Crippen LogP contribution in [-0.4, -0.2) is 11.1 Å². The summed E-state index contributed by atoms with van der Waals surface area (Å²) in [7, 11) is 0. The summed E-state index contributed by atoms with van der Waals surface area (Å²) in [5.74, 6) is -0.891. The van der Waals surface area contributed by atoms with Crippen molar-refractivity contribution >= 4 is 28.9 Å². The first-order chi connectivity index (χ1) is 13.6. The van der Waals surface area contributed by atoms with Gasteiger partial charge >= 0.3 is 5.97 Å². The third kappa shape index (κ3) is 3.72. The molecule has 28 heavy (non-hydrogen) atoms. The first kappa shape index (κ1) is 17.7. The quantitative estimate of drug-likeness (QED) is 0.410. The highest BCUT2D eigenvalue weighted by Crippen LogP contribution is 2.25. The molecule has 4 aromatic rings. The Morgan fingerprint density at radius 1 is 0.714 bits per heavy atom. The van der Waals surface area contributed by atoms with Crippen molar-refractivity contribution in [1.29, 1.82) is 0 Å². The number of hydrogen-bond acceptors (Lipinski definition) is 1. The van der Waals surface area contributed by atoms with E-state index in [1.807, 2.05) is 31.2 Å². The van der Waals surface area contributed by atoms with Gasteiger partial charge in [-0.3, -0.25) is 0 Å². The van der Waals surface area contributed by atoms with Crippen molar-refractivity contribution in [3.63, 3.8) is 0 Å². The third-order valence-electron chi connectivity index (χ3n) is 4.92. The second kappa shape index (κ2) is 7.53. The molecule has 1 N–H and O–H groups in total. The van der Waals surface area contributed by atoms with Crippen molar-refractivity contribution in [2.75, 3.05) is 0 Å². The minimum Gasteiger partial charge on any atom is -0.478 e. The molecule has 0 aromatic heterocycles. The van der Waals surface area contributed by atoms with Gasteiger partial charge < -0.3 is 5.11 Å². The van der Waals surface area contributed by atoms with E-state index in [1.165, 1.54) is 21.9 Å². The summed E-state index contributed by atoms with van der Waals surface area (Å²) < 4.78 is 0. The highest BCUT2D eigenvalue weighted by atomic mass is 16.4. The molecule has 0 radical (unpaired) electrons. The molecular formula is C26H20O2. The van der Waals surface area contributed by atoms with Crippen LogP contribution in [0.1, 0.15) is 27.0 Å². The molecule has 4 rings (SSSR count). The van der Waals surface area contributed by atoms with Crippen LogP contribution in [0.4, 0.5) is 0 Å². The zero-order valence-electron chi connectivity index (χ0n) is 15.6. The summed E-state index contributed by atoms with van der Waals surface area (Å²) in [6, 6.07) is 28.7. The Balaban J connectivity index is 1.60. The molecule has 4 aromatic carbocycles. The first-order valence-corrected chi connectivity index (χ1v) is 9.21. The maximum Gasteiger partial charge on any atom is 0.335 e. The number of aryl methyl sites for hydroxylation is 1. The SMILES string of the molecule is Cc1cc(/C=C/c2ccc3cc(-c4ccccc4)ccc3c2)ccc1C(=O)O. The van der Waals surface area contributed by atoms with Crippen molar-refractivity contribution in [2.24, 2.45) is 0 Å². The van der Waals surface area contributed by atoms with Gasteiger partial charge in [0.1, 0.15) is 0 Å². The second-order valence-electron chi connectivity index (χ2n) is 6.90. The molecular weight excluding hydrogens is 344 g/mol. The summed E-state index contributed by atoms with van der Waals surface area (Å²) in [6.07, 6.45) is 4.07. The zero-order chi connectivity index (χ0) is 19.5. The van der Waals surface area contributed by atoms with Crippen LogP contribution in [0.5, 0.6) is 0 Å². The Morgan fingerprint density at radius 3 is 2.07 bits per heavy atom. The Hall–Kier alpha value is -3.65. The fraction of sp³-hybridized carbons (Fsp3) is 0.0385. The first-order valence-electron chi connectivity index (χ1n) is 9.21. The predicted octanol–water partition coefficient (Wildman–Crippen LogP) is 6.68. The summed E-state index contributed by atoms with van der Waals surface area (Å²) in [4.78, 5) is 11.1. The molecule has 0 unspecified atom stereocenters. The summed E-state index contributed by atoms with van der Waals surface area (Å²) in [5.41, 5.74) is 5.64. The third-order valence-corrected chi connectivity index (χ3v) is 4.92. The molecule has 136 valence electrons. The fourth-order valence-corrected chi connectivity index (χ4v) is 3.40. The van der Waals surface area contributed by atoms with Crippen LogP contribution >= 0.6 is 0 Å². The average molecular weight is 364 g/mol. The number of carboxylic acid groups (broad SMARTS) is 1. The monoisotopic (exact) mass is 364 g/mol. The van der Waals surface area contributed by atoms with Crippen molar-refractivity contribution in [3.05, 3.63) is 107 Å². The molecule has 0 bridgehead atoms. The highest BCUT2D eigenvalue weighted by molar-refractivity contribution is 5.91. The van der Waals surface area contributed by atoms with Crippen molar-refractivity contribution in [2.45, 2.75) is 6.92 Å². The summed E-state index contributed by atoms with van der Waals surface area (Å²) in [5, 5.41) is 11.5. The molecule has 0 fully saturated rings. The van der Waals surface area contributed by atoms with Crippen LogP contribution in [0.2, 0.25) is 0 Å². The molecule has 0 amide bonds. The minimum absolute atomic E-state index is 0.345. The van der Waals surface area contributed by atoms with E-state index >= 15 is 0 Å². The predicted molar refractivity (Wildman–Crippen MR) is 116 cm³/mol. The van der Waals surface area contributed by atoms with Gasteiger partial charge in [-0.05, 0) is 63.7 Å². The Labute approximate surface area is 164 Å². The number of hydrogen-bond donors (Lipinski definition) is 1. The van der Waals surface area contributed by atoms with E-state index in [4.69, 9.17) is 5.11 Å². The number of carbonyl (C=O) groups is 1. The van der Waals surface area contributed by atoms with E-state index in [2.05, 4.69) is 66.7 Å². The molecule has 0 aliphatic carbocycles. The molecule has 2 heteroatoms. The molecule has 2 nitrogen and oxygen atoms in total. The summed E-state index contributed by atoms with van der Waals surface area (Å²) >= 11 is 0. The lowest BCUT2D eigenvalue weighted by Crippen LogP contribution is -1.99. The van der Waals surface area contributed by atoms with Crippen molar-refractivity contribution < 1.29 is 9.90 Å². The average Bonchev–Trinajstić information content (AvgIpc) is 2.72. The van der Waals surface area contributed by atoms with Gasteiger partial charge in [-0.2, -0.15) is 0 Å². The second-order valence-corrected chi connectivity index (χ2v) is 6.90. The lowest BCUT2D eigenvalue weighted by Gasteiger charge is -2.05. The van der Waals surface area contributed by atoms with E-state index in [-0.39, 0.29) is 0 Å². The molecule has 0 spiro atoms. The normalized spacial score (nSPS) is 11.2. The molecule has 0 aliphatic rings. The van der Waals surface area contributed by atoms with E-state index in [0.29, 0.717) is 5.56 Å². The van der Waals surface area contributed by atoms with E-state index in [9.17, 15) is 4.79 Å². The van der Waals surface area contributed by atoms with Crippen molar-refractivity contribution in [1.82, 2.24) is 0 Å². The van der Waals surface area contributed by atoms with Gasteiger partial charge in [0.05, 0.1) is 5.56 Å². The van der Waals surface area contributed by atoms with Crippen LogP contribution in [0.15, 0.2) is 84.9 Å². The molecule has 0 atom stereocenters. The van der Waals surface area contributed by atoms with Gasteiger partial charge in [-0.1, -0.05) is 78.9 Å². The van der Waals surface area contributed by atoms with E-state index < -0.39 is 5.97 Å². The van der Waals surface area contributed by atoms with Crippen molar-refractivity contribution in [3.8, 4) is 11.1 Å². The van der Waals surface area contributed by atoms with E-state index in [1.54, 1.807) is 6.07 Å². The van der Waals surface area contributed by atoms with Gasteiger partial charge in [-0.15, -0.1) is 0 Å². The number of fused-ring (bicyclic) bond motifs is 1.